The van der Waals surface area contributed by atoms with E-state index in [0.717, 1.165) is 4.90 Å². The Morgan fingerprint density at radius 1 is 1.20 bits per heavy atom. The van der Waals surface area contributed by atoms with E-state index in [4.69, 9.17) is 16.3 Å². The van der Waals surface area contributed by atoms with Crippen LogP contribution in [0.5, 0.6) is 5.75 Å². The molecule has 0 aliphatic rings. The fraction of sp³-hybridized carbons (Fsp3) is 0.167. The van der Waals surface area contributed by atoms with Crippen LogP contribution in [-0.4, -0.2) is 31.8 Å². The van der Waals surface area contributed by atoms with Crippen LogP contribution in [0.15, 0.2) is 45.4 Å². The van der Waals surface area contributed by atoms with E-state index < -0.39 is 9.84 Å². The number of aromatic nitrogens is 2. The molecule has 0 bridgehead atoms. The predicted octanol–water partition coefficient (Wildman–Crippen LogP) is 2.69. The minimum Gasteiger partial charge on any atom is -0.491 e. The van der Waals surface area contributed by atoms with Gasteiger partial charge in [-0.1, -0.05) is 23.4 Å². The lowest BCUT2D eigenvalue weighted by Gasteiger charge is -2.07. The number of nitrogens with zero attached hydrogens (tertiary/aromatic N) is 2. The van der Waals surface area contributed by atoms with Gasteiger partial charge in [-0.2, -0.15) is 0 Å². The molecular formula is C12H11ClN2O3S2. The number of halogens is 1. The lowest BCUT2D eigenvalue weighted by molar-refractivity contribution is 0.398. The predicted molar refractivity (Wildman–Crippen MR) is 77.3 cm³/mol. The van der Waals surface area contributed by atoms with Crippen molar-refractivity contribution in [3.8, 4) is 5.75 Å². The average Bonchev–Trinajstić information content (AvgIpc) is 2.38. The van der Waals surface area contributed by atoms with Crippen molar-refractivity contribution in [2.45, 2.75) is 14.8 Å². The van der Waals surface area contributed by atoms with Crippen LogP contribution >= 0.6 is 23.4 Å². The van der Waals surface area contributed by atoms with Crippen molar-refractivity contribution < 1.29 is 13.2 Å². The molecule has 0 radical (unpaired) electrons. The van der Waals surface area contributed by atoms with Gasteiger partial charge in [-0.05, 0) is 24.3 Å². The maximum absolute atomic E-state index is 11.4. The van der Waals surface area contributed by atoms with Crippen molar-refractivity contribution in [2.24, 2.45) is 0 Å². The minimum atomic E-state index is -3.19. The number of hydrogen-bond donors (Lipinski definition) is 0. The topological polar surface area (TPSA) is 69.2 Å². The second kappa shape index (κ2) is 5.99. The zero-order valence-electron chi connectivity index (χ0n) is 10.7. The molecule has 2 rings (SSSR count). The van der Waals surface area contributed by atoms with E-state index in [9.17, 15) is 8.42 Å². The largest absolute Gasteiger partial charge is 0.491 e. The molecule has 106 valence electrons. The van der Waals surface area contributed by atoms with Gasteiger partial charge in [0.25, 0.3) is 0 Å². The van der Waals surface area contributed by atoms with E-state index in [2.05, 4.69) is 9.97 Å². The van der Waals surface area contributed by atoms with Crippen LogP contribution in [0.3, 0.4) is 0 Å². The molecule has 0 saturated carbocycles. The Morgan fingerprint density at radius 3 is 2.40 bits per heavy atom. The molecule has 0 spiro atoms. The van der Waals surface area contributed by atoms with Crippen molar-refractivity contribution in [3.63, 3.8) is 0 Å². The van der Waals surface area contributed by atoms with Crippen molar-refractivity contribution in [1.82, 2.24) is 9.97 Å². The molecule has 0 amide bonds. The van der Waals surface area contributed by atoms with E-state index in [1.54, 1.807) is 24.3 Å². The summed E-state index contributed by atoms with van der Waals surface area (Å²) < 4.78 is 27.9. The molecule has 1 aromatic carbocycles. The molecule has 0 unspecified atom stereocenters. The van der Waals surface area contributed by atoms with Crippen molar-refractivity contribution in [2.75, 3.05) is 13.4 Å². The summed E-state index contributed by atoms with van der Waals surface area (Å²) in [7, 11) is -1.71. The summed E-state index contributed by atoms with van der Waals surface area (Å²) in [6.07, 6.45) is 2.51. The highest BCUT2D eigenvalue weighted by molar-refractivity contribution is 7.99. The van der Waals surface area contributed by atoms with Crippen LogP contribution in [-0.2, 0) is 9.84 Å². The monoisotopic (exact) mass is 330 g/mol. The zero-order valence-corrected chi connectivity index (χ0v) is 13.1. The molecule has 0 saturated heterocycles. The third kappa shape index (κ3) is 3.41. The first-order chi connectivity index (χ1) is 9.41. The van der Waals surface area contributed by atoms with Gasteiger partial charge in [-0.25, -0.2) is 18.4 Å². The molecule has 20 heavy (non-hydrogen) atoms. The Kier molecular flexibility index (Phi) is 4.52. The third-order valence-electron chi connectivity index (χ3n) is 2.40. The van der Waals surface area contributed by atoms with Gasteiger partial charge in [0.05, 0.1) is 12.0 Å². The number of methoxy groups -OCH3 is 1. The van der Waals surface area contributed by atoms with E-state index >= 15 is 0 Å². The molecule has 0 N–H and O–H groups in total. The lowest BCUT2D eigenvalue weighted by atomic mass is 10.4. The normalized spacial score (nSPS) is 11.3. The molecule has 0 aliphatic carbocycles. The van der Waals surface area contributed by atoms with E-state index in [1.165, 1.54) is 31.5 Å². The van der Waals surface area contributed by atoms with Crippen LogP contribution < -0.4 is 4.74 Å². The van der Waals surface area contributed by atoms with Gasteiger partial charge >= 0.3 is 0 Å². The first-order valence-corrected chi connectivity index (χ1v) is 8.53. The Labute approximate surface area is 126 Å². The molecule has 1 aromatic heterocycles. The fourth-order valence-corrected chi connectivity index (χ4v) is 3.21. The average molecular weight is 331 g/mol. The zero-order chi connectivity index (χ0) is 14.8. The first kappa shape index (κ1) is 15.1. The number of rotatable bonds is 4. The van der Waals surface area contributed by atoms with Crippen LogP contribution in [0.2, 0.25) is 5.15 Å². The highest BCUT2D eigenvalue weighted by Gasteiger charge is 2.12. The third-order valence-corrected chi connectivity index (χ3v) is 4.79. The second-order valence-corrected chi connectivity index (χ2v) is 7.28. The van der Waals surface area contributed by atoms with Gasteiger partial charge < -0.3 is 4.74 Å². The maximum Gasteiger partial charge on any atom is 0.188 e. The first-order valence-electron chi connectivity index (χ1n) is 5.44. The van der Waals surface area contributed by atoms with Crippen molar-refractivity contribution >= 4 is 33.2 Å². The number of sulfone groups is 1. The highest BCUT2D eigenvalue weighted by atomic mass is 35.5. The van der Waals surface area contributed by atoms with Gasteiger partial charge in [-0.15, -0.1) is 0 Å². The van der Waals surface area contributed by atoms with Gasteiger partial charge in [0.1, 0.15) is 11.4 Å². The molecule has 0 atom stereocenters. The van der Waals surface area contributed by atoms with E-state index in [-0.39, 0.29) is 10.0 Å². The van der Waals surface area contributed by atoms with Crippen molar-refractivity contribution in [1.29, 1.82) is 0 Å². The minimum absolute atomic E-state index is 0.234. The SMILES string of the molecule is COc1c(Cl)ncnc1Sc1ccc(S(C)(=O)=O)cc1. The maximum atomic E-state index is 11.4. The number of ether oxygens (including phenoxy) is 1. The van der Waals surface area contributed by atoms with Gasteiger partial charge in [-0.3, -0.25) is 0 Å². The molecule has 8 heteroatoms. The van der Waals surface area contributed by atoms with Gasteiger partial charge in [0.2, 0.25) is 0 Å². The van der Waals surface area contributed by atoms with Crippen LogP contribution in [0.25, 0.3) is 0 Å². The van der Waals surface area contributed by atoms with Crippen molar-refractivity contribution in [3.05, 3.63) is 35.7 Å². The summed E-state index contributed by atoms with van der Waals surface area (Å²) in [5.41, 5.74) is 0. The number of benzene rings is 1. The summed E-state index contributed by atoms with van der Waals surface area (Å²) >= 11 is 7.23. The molecule has 0 fully saturated rings. The van der Waals surface area contributed by atoms with Crippen LogP contribution in [0, 0.1) is 0 Å². The Bertz CT molecular complexity index is 718. The van der Waals surface area contributed by atoms with E-state index in [0.29, 0.717) is 10.8 Å². The second-order valence-electron chi connectivity index (χ2n) is 3.85. The Hall–Kier alpha value is -1.31. The van der Waals surface area contributed by atoms with Gasteiger partial charge in [0.15, 0.2) is 20.7 Å². The standard InChI is InChI=1S/C12H11ClN2O3S2/c1-18-10-11(13)14-7-15-12(10)19-8-3-5-9(6-4-8)20(2,16)17/h3-7H,1-2H3. The molecular weight excluding hydrogens is 320 g/mol. The summed E-state index contributed by atoms with van der Waals surface area (Å²) in [5.74, 6) is 0.395. The molecule has 0 aliphatic heterocycles. The fourth-order valence-electron chi connectivity index (χ4n) is 1.45. The van der Waals surface area contributed by atoms with E-state index in [1.807, 2.05) is 0 Å². The smallest absolute Gasteiger partial charge is 0.188 e. The van der Waals surface area contributed by atoms with Gasteiger partial charge in [0, 0.05) is 11.2 Å². The molecule has 1 heterocycles. The molecule has 5 nitrogen and oxygen atoms in total. The quantitative estimate of drug-likeness (QED) is 0.803. The summed E-state index contributed by atoms with van der Waals surface area (Å²) in [6, 6.07) is 6.51. The number of hydrogen-bond acceptors (Lipinski definition) is 6. The Morgan fingerprint density at radius 2 is 1.85 bits per heavy atom. The summed E-state index contributed by atoms with van der Waals surface area (Å²) in [4.78, 5) is 9.03. The highest BCUT2D eigenvalue weighted by Crippen LogP contribution is 2.36. The van der Waals surface area contributed by atoms with Crippen LogP contribution in [0.4, 0.5) is 0 Å². The Balaban J connectivity index is 2.29. The molecule has 2 aromatic rings. The summed E-state index contributed by atoms with van der Waals surface area (Å²) in [5, 5.41) is 0.803. The van der Waals surface area contributed by atoms with Crippen LogP contribution in [0.1, 0.15) is 0 Å². The lowest BCUT2D eigenvalue weighted by Crippen LogP contribution is -1.96. The summed E-state index contributed by atoms with van der Waals surface area (Å²) in [6.45, 7) is 0.